The Bertz CT molecular complexity index is 769. The second-order valence-electron chi connectivity index (χ2n) is 5.81. The van der Waals surface area contributed by atoms with Crippen molar-refractivity contribution < 1.29 is 14.3 Å². The number of hydrogen-bond acceptors (Lipinski definition) is 4. The van der Waals surface area contributed by atoms with Crippen molar-refractivity contribution in [3.05, 3.63) is 41.6 Å². The number of urea groups is 1. The van der Waals surface area contributed by atoms with Crippen molar-refractivity contribution in [2.45, 2.75) is 19.9 Å². The van der Waals surface area contributed by atoms with Gasteiger partial charge in [0.25, 0.3) is 0 Å². The molecule has 1 saturated heterocycles. The summed E-state index contributed by atoms with van der Waals surface area (Å²) in [7, 11) is 1.78. The van der Waals surface area contributed by atoms with E-state index < -0.39 is 0 Å². The highest BCUT2D eigenvalue weighted by molar-refractivity contribution is 5.99. The van der Waals surface area contributed by atoms with E-state index in [-0.39, 0.29) is 12.1 Å². The fraction of sp³-hybridized carbons (Fsp3) is 0.353. The topological polar surface area (TPSA) is 88.5 Å². The van der Waals surface area contributed by atoms with Crippen LogP contribution in [-0.2, 0) is 24.8 Å². The maximum Gasteiger partial charge on any atom is 0.410 e. The Morgan fingerprint density at radius 1 is 1.28 bits per heavy atom. The zero-order chi connectivity index (χ0) is 17.8. The van der Waals surface area contributed by atoms with Crippen molar-refractivity contribution in [1.29, 1.82) is 0 Å². The maximum atomic E-state index is 12.1. The zero-order valence-corrected chi connectivity index (χ0v) is 14.3. The summed E-state index contributed by atoms with van der Waals surface area (Å²) in [5.41, 5.74) is 2.56. The molecule has 25 heavy (non-hydrogen) atoms. The third-order valence-electron chi connectivity index (χ3n) is 3.96. The van der Waals surface area contributed by atoms with Crippen molar-refractivity contribution in [3.8, 4) is 0 Å². The van der Waals surface area contributed by atoms with E-state index in [4.69, 9.17) is 4.74 Å². The molecule has 0 saturated carbocycles. The van der Waals surface area contributed by atoms with Gasteiger partial charge in [0.15, 0.2) is 0 Å². The second kappa shape index (κ2) is 7.25. The largest absolute Gasteiger partial charge is 0.448 e. The molecule has 1 fully saturated rings. The molecule has 2 heterocycles. The fourth-order valence-electron chi connectivity index (χ4n) is 2.58. The molecule has 3 amide bonds. The molecule has 8 heteroatoms. The Hall–Kier alpha value is -3.03. The number of rotatable bonds is 5. The molecule has 0 radical (unpaired) electrons. The van der Waals surface area contributed by atoms with Gasteiger partial charge in [-0.3, -0.25) is 10.00 Å². The van der Waals surface area contributed by atoms with Crippen LogP contribution in [0.1, 0.15) is 18.2 Å². The van der Waals surface area contributed by atoms with Gasteiger partial charge < -0.3 is 15.0 Å². The lowest BCUT2D eigenvalue weighted by molar-refractivity contribution is 0.157. The van der Waals surface area contributed by atoms with Crippen molar-refractivity contribution >= 4 is 23.6 Å². The van der Waals surface area contributed by atoms with Gasteiger partial charge in [-0.15, -0.1) is 0 Å². The SMILES string of the molecule is CCc1cc(NC(=O)Nc2ccc(CN3CCOC3=O)cc2)n(C)n1. The number of nitrogens with zero attached hydrogens (tertiary/aromatic N) is 3. The molecule has 2 N–H and O–H groups in total. The number of cyclic esters (lactones) is 1. The van der Waals surface area contributed by atoms with Crippen LogP contribution in [0.5, 0.6) is 0 Å². The number of aromatic nitrogens is 2. The molecular formula is C17H21N5O3. The zero-order valence-electron chi connectivity index (χ0n) is 14.3. The Kier molecular flexibility index (Phi) is 4.87. The van der Waals surface area contributed by atoms with Gasteiger partial charge in [0.05, 0.1) is 12.2 Å². The number of aryl methyl sites for hydroxylation is 2. The Balaban J connectivity index is 1.56. The molecule has 0 aliphatic carbocycles. The summed E-state index contributed by atoms with van der Waals surface area (Å²) in [4.78, 5) is 25.2. The summed E-state index contributed by atoms with van der Waals surface area (Å²) in [6.07, 6.45) is 0.521. The van der Waals surface area contributed by atoms with E-state index in [1.807, 2.05) is 25.1 Å². The first-order valence-electron chi connectivity index (χ1n) is 8.16. The summed E-state index contributed by atoms with van der Waals surface area (Å²) < 4.78 is 6.54. The van der Waals surface area contributed by atoms with Crippen molar-refractivity contribution in [1.82, 2.24) is 14.7 Å². The Morgan fingerprint density at radius 3 is 2.64 bits per heavy atom. The van der Waals surface area contributed by atoms with Gasteiger partial charge in [0, 0.05) is 25.3 Å². The minimum Gasteiger partial charge on any atom is -0.448 e. The molecule has 1 aliphatic rings. The van der Waals surface area contributed by atoms with E-state index in [1.54, 1.807) is 28.8 Å². The molecule has 132 valence electrons. The number of benzene rings is 1. The normalized spacial score (nSPS) is 13.7. The third-order valence-corrected chi connectivity index (χ3v) is 3.96. The van der Waals surface area contributed by atoms with Crippen LogP contribution in [0.25, 0.3) is 0 Å². The summed E-state index contributed by atoms with van der Waals surface area (Å²) in [5.74, 6) is 0.638. The fourth-order valence-corrected chi connectivity index (χ4v) is 2.58. The van der Waals surface area contributed by atoms with Crippen LogP contribution in [0.4, 0.5) is 21.1 Å². The first kappa shape index (κ1) is 16.8. The van der Waals surface area contributed by atoms with E-state index in [0.29, 0.717) is 31.2 Å². The lowest BCUT2D eigenvalue weighted by Gasteiger charge is -2.13. The summed E-state index contributed by atoms with van der Waals surface area (Å²) in [6, 6.07) is 8.87. The number of nitrogens with one attached hydrogen (secondary N) is 2. The number of hydrogen-bond donors (Lipinski definition) is 2. The average molecular weight is 343 g/mol. The number of amides is 3. The minimum absolute atomic E-state index is 0.288. The molecule has 0 bridgehead atoms. The molecule has 8 nitrogen and oxygen atoms in total. The Morgan fingerprint density at radius 2 is 2.04 bits per heavy atom. The minimum atomic E-state index is -0.332. The van der Waals surface area contributed by atoms with E-state index in [2.05, 4.69) is 15.7 Å². The highest BCUT2D eigenvalue weighted by Gasteiger charge is 2.21. The van der Waals surface area contributed by atoms with E-state index in [9.17, 15) is 9.59 Å². The van der Waals surface area contributed by atoms with Gasteiger partial charge in [-0.2, -0.15) is 5.10 Å². The monoisotopic (exact) mass is 343 g/mol. The highest BCUT2D eigenvalue weighted by atomic mass is 16.6. The molecule has 0 spiro atoms. The smallest absolute Gasteiger partial charge is 0.410 e. The molecule has 3 rings (SSSR count). The molecule has 0 atom stereocenters. The van der Waals surface area contributed by atoms with Gasteiger partial charge >= 0.3 is 12.1 Å². The molecule has 1 aromatic heterocycles. The molecule has 2 aromatic rings. The molecule has 1 aromatic carbocycles. The van der Waals surface area contributed by atoms with Crippen molar-refractivity contribution in [2.75, 3.05) is 23.8 Å². The first-order valence-corrected chi connectivity index (χ1v) is 8.16. The van der Waals surface area contributed by atoms with Gasteiger partial charge in [-0.05, 0) is 24.1 Å². The van der Waals surface area contributed by atoms with Gasteiger partial charge in [-0.1, -0.05) is 19.1 Å². The third kappa shape index (κ3) is 4.09. The van der Waals surface area contributed by atoms with Crippen LogP contribution in [0.2, 0.25) is 0 Å². The predicted octanol–water partition coefficient (Wildman–Crippen LogP) is 2.58. The van der Waals surface area contributed by atoms with Crippen LogP contribution < -0.4 is 10.6 Å². The van der Waals surface area contributed by atoms with Crippen molar-refractivity contribution in [3.63, 3.8) is 0 Å². The molecule has 1 aliphatic heterocycles. The summed E-state index contributed by atoms with van der Waals surface area (Å²) in [6.45, 7) is 3.55. The van der Waals surface area contributed by atoms with Crippen LogP contribution in [-0.4, -0.2) is 40.0 Å². The molecule has 0 unspecified atom stereocenters. The number of ether oxygens (including phenoxy) is 1. The van der Waals surface area contributed by atoms with Crippen molar-refractivity contribution in [2.24, 2.45) is 7.05 Å². The van der Waals surface area contributed by atoms with E-state index in [1.165, 1.54) is 0 Å². The van der Waals surface area contributed by atoms with Crippen LogP contribution in [0, 0.1) is 0 Å². The average Bonchev–Trinajstić information content (AvgIpc) is 3.15. The first-order chi connectivity index (χ1) is 12.0. The second-order valence-corrected chi connectivity index (χ2v) is 5.81. The number of anilines is 2. The number of carbonyl (C=O) groups is 2. The van der Waals surface area contributed by atoms with Crippen LogP contribution in [0.15, 0.2) is 30.3 Å². The summed E-state index contributed by atoms with van der Waals surface area (Å²) >= 11 is 0. The maximum absolute atomic E-state index is 12.1. The lowest BCUT2D eigenvalue weighted by Crippen LogP contribution is -2.23. The van der Waals surface area contributed by atoms with E-state index >= 15 is 0 Å². The summed E-state index contributed by atoms with van der Waals surface area (Å²) in [5, 5.41) is 9.84. The standard InChI is InChI=1S/C17H21N5O3/c1-3-13-10-15(21(2)20-13)19-16(23)18-14-6-4-12(5-7-14)11-22-8-9-25-17(22)24/h4-7,10H,3,8-9,11H2,1-2H3,(H2,18,19,23). The lowest BCUT2D eigenvalue weighted by atomic mass is 10.2. The molecular weight excluding hydrogens is 322 g/mol. The predicted molar refractivity (Wildman–Crippen MR) is 93.4 cm³/mol. The highest BCUT2D eigenvalue weighted by Crippen LogP contribution is 2.15. The van der Waals surface area contributed by atoms with E-state index in [0.717, 1.165) is 17.7 Å². The Labute approximate surface area is 145 Å². The van der Waals surface area contributed by atoms with Crippen LogP contribution in [0.3, 0.4) is 0 Å². The van der Waals surface area contributed by atoms with Gasteiger partial charge in [-0.25, -0.2) is 9.59 Å². The quantitative estimate of drug-likeness (QED) is 0.873. The van der Waals surface area contributed by atoms with Gasteiger partial charge in [0.1, 0.15) is 12.4 Å². The van der Waals surface area contributed by atoms with Crippen LogP contribution >= 0.6 is 0 Å². The number of carbonyl (C=O) groups excluding carboxylic acids is 2. The van der Waals surface area contributed by atoms with Gasteiger partial charge in [0.2, 0.25) is 0 Å².